The number of hydrogen-bond donors (Lipinski definition) is 1. The van der Waals surface area contributed by atoms with Crippen molar-refractivity contribution in [2.75, 3.05) is 12.8 Å². The second kappa shape index (κ2) is 6.85. The first-order valence-corrected chi connectivity index (χ1v) is 7.08. The predicted molar refractivity (Wildman–Crippen MR) is 73.5 cm³/mol. The van der Waals surface area contributed by atoms with Gasteiger partial charge in [0.25, 0.3) is 0 Å². The molecule has 0 aliphatic rings. The van der Waals surface area contributed by atoms with Crippen molar-refractivity contribution >= 4 is 17.7 Å². The topological polar surface area (TPSA) is 51.5 Å². The first kappa shape index (κ1) is 15.1. The minimum Gasteiger partial charge on any atom is -0.464 e. The molecule has 0 atom stereocenters. The molecular weight excluding hydrogens is 250 g/mol. The van der Waals surface area contributed by atoms with Gasteiger partial charge in [0.05, 0.1) is 18.1 Å². The first-order chi connectivity index (χ1) is 8.40. The summed E-state index contributed by atoms with van der Waals surface area (Å²) in [5.41, 5.74) is -0.414. The van der Waals surface area contributed by atoms with Gasteiger partial charge in [0.1, 0.15) is 17.1 Å². The van der Waals surface area contributed by atoms with E-state index in [9.17, 15) is 4.79 Å². The van der Waals surface area contributed by atoms with E-state index in [-0.39, 0.29) is 5.97 Å². The van der Waals surface area contributed by atoms with Crippen LogP contribution >= 0.6 is 11.8 Å². The van der Waals surface area contributed by atoms with E-state index in [2.05, 4.69) is 5.32 Å². The second-order valence-corrected chi connectivity index (χ2v) is 5.96. The molecule has 0 radical (unpaired) electrons. The van der Waals surface area contributed by atoms with Crippen molar-refractivity contribution in [2.45, 2.75) is 38.7 Å². The fraction of sp³-hybridized carbons (Fsp3) is 0.615. The van der Waals surface area contributed by atoms with Crippen LogP contribution in [0.25, 0.3) is 0 Å². The fourth-order valence-electron chi connectivity index (χ4n) is 1.38. The van der Waals surface area contributed by atoms with Gasteiger partial charge in [-0.15, -0.1) is 11.8 Å². The monoisotopic (exact) mass is 271 g/mol. The van der Waals surface area contributed by atoms with Crippen LogP contribution in [0.4, 0.5) is 0 Å². The number of hydrogen-bond acceptors (Lipinski definition) is 5. The van der Waals surface area contributed by atoms with E-state index in [4.69, 9.17) is 9.15 Å². The molecule has 5 heteroatoms. The predicted octanol–water partition coefficient (Wildman–Crippen LogP) is 2.57. The van der Waals surface area contributed by atoms with Crippen LogP contribution in [0.1, 0.15) is 32.3 Å². The van der Waals surface area contributed by atoms with Gasteiger partial charge in [-0.25, -0.2) is 0 Å². The van der Waals surface area contributed by atoms with E-state index in [1.807, 2.05) is 40.0 Å². The lowest BCUT2D eigenvalue weighted by atomic mass is 10.2. The quantitative estimate of drug-likeness (QED) is 0.806. The van der Waals surface area contributed by atoms with E-state index in [1.165, 1.54) is 11.8 Å². The van der Waals surface area contributed by atoms with Crippen LogP contribution in [0.2, 0.25) is 0 Å². The van der Waals surface area contributed by atoms with Gasteiger partial charge in [-0.2, -0.15) is 0 Å². The molecule has 0 aliphatic carbocycles. The lowest BCUT2D eigenvalue weighted by molar-refractivity contribution is -0.151. The Morgan fingerprint density at radius 1 is 1.39 bits per heavy atom. The molecule has 0 aliphatic heterocycles. The van der Waals surface area contributed by atoms with Crippen molar-refractivity contribution in [3.63, 3.8) is 0 Å². The molecule has 0 fully saturated rings. The van der Waals surface area contributed by atoms with Crippen LogP contribution in [0.5, 0.6) is 0 Å². The highest BCUT2D eigenvalue weighted by atomic mass is 32.2. The third-order valence-corrected chi connectivity index (χ3v) is 2.88. The molecule has 1 N–H and O–H groups in total. The van der Waals surface area contributed by atoms with Crippen molar-refractivity contribution in [3.8, 4) is 0 Å². The van der Waals surface area contributed by atoms with E-state index in [0.29, 0.717) is 11.5 Å². The summed E-state index contributed by atoms with van der Waals surface area (Å²) in [5.74, 6) is 2.64. The Hall–Kier alpha value is -0.940. The molecule has 1 heterocycles. The average Bonchev–Trinajstić information content (AvgIpc) is 2.63. The summed E-state index contributed by atoms with van der Waals surface area (Å²) in [6.45, 7) is 6.32. The summed E-state index contributed by atoms with van der Waals surface area (Å²) in [7, 11) is 1.87. The maximum atomic E-state index is 11.5. The van der Waals surface area contributed by atoms with E-state index >= 15 is 0 Å². The van der Waals surface area contributed by atoms with Crippen LogP contribution in [0, 0.1) is 0 Å². The van der Waals surface area contributed by atoms with Gasteiger partial charge < -0.3 is 14.5 Å². The minimum absolute atomic E-state index is 0.186. The van der Waals surface area contributed by atoms with Crippen molar-refractivity contribution in [3.05, 3.63) is 23.7 Å². The number of thioether (sulfide) groups is 1. The van der Waals surface area contributed by atoms with E-state index in [1.54, 1.807) is 0 Å². The summed E-state index contributed by atoms with van der Waals surface area (Å²) in [6.07, 6.45) is 0. The molecule has 0 saturated carbocycles. The fourth-order valence-corrected chi connectivity index (χ4v) is 2.06. The van der Waals surface area contributed by atoms with Crippen LogP contribution in [-0.4, -0.2) is 24.4 Å². The van der Waals surface area contributed by atoms with Crippen LogP contribution in [-0.2, 0) is 21.8 Å². The normalized spacial score (nSPS) is 11.6. The van der Waals surface area contributed by atoms with Gasteiger partial charge in [-0.05, 0) is 40.0 Å². The number of furan rings is 1. The maximum Gasteiger partial charge on any atom is 0.316 e. The molecule has 0 saturated heterocycles. The van der Waals surface area contributed by atoms with Crippen LogP contribution in [0.3, 0.4) is 0 Å². The lowest BCUT2D eigenvalue weighted by Gasteiger charge is -2.19. The zero-order valence-electron chi connectivity index (χ0n) is 11.4. The lowest BCUT2D eigenvalue weighted by Crippen LogP contribution is -2.24. The third kappa shape index (κ3) is 6.12. The Morgan fingerprint density at radius 3 is 2.67 bits per heavy atom. The minimum atomic E-state index is -0.414. The molecule has 1 aromatic rings. The molecule has 0 unspecified atom stereocenters. The molecule has 4 nitrogen and oxygen atoms in total. The highest BCUT2D eigenvalue weighted by Crippen LogP contribution is 2.17. The summed E-state index contributed by atoms with van der Waals surface area (Å²) < 4.78 is 10.8. The van der Waals surface area contributed by atoms with Crippen molar-refractivity contribution < 1.29 is 13.9 Å². The third-order valence-electron chi connectivity index (χ3n) is 1.95. The van der Waals surface area contributed by atoms with Gasteiger partial charge in [0.2, 0.25) is 0 Å². The SMILES string of the molecule is CNCc1ccc(CSCC(=O)OC(C)(C)C)o1. The largest absolute Gasteiger partial charge is 0.464 e. The first-order valence-electron chi connectivity index (χ1n) is 5.92. The van der Waals surface area contributed by atoms with Crippen molar-refractivity contribution in [1.82, 2.24) is 5.32 Å². The Morgan fingerprint density at radius 2 is 2.06 bits per heavy atom. The molecule has 0 spiro atoms. The maximum absolute atomic E-state index is 11.5. The summed E-state index contributed by atoms with van der Waals surface area (Å²) in [6, 6.07) is 3.88. The zero-order valence-corrected chi connectivity index (χ0v) is 12.2. The average molecular weight is 271 g/mol. The van der Waals surface area contributed by atoms with Gasteiger partial charge >= 0.3 is 5.97 Å². The van der Waals surface area contributed by atoms with Gasteiger partial charge in [-0.3, -0.25) is 4.79 Å². The van der Waals surface area contributed by atoms with Crippen molar-refractivity contribution in [2.24, 2.45) is 0 Å². The molecule has 18 heavy (non-hydrogen) atoms. The second-order valence-electron chi connectivity index (χ2n) is 4.98. The Bertz CT molecular complexity index is 382. The molecule has 0 bridgehead atoms. The summed E-state index contributed by atoms with van der Waals surface area (Å²) >= 11 is 1.50. The number of ether oxygens (including phenoxy) is 1. The molecule has 102 valence electrons. The Kier molecular flexibility index (Phi) is 5.75. The summed E-state index contributed by atoms with van der Waals surface area (Å²) in [4.78, 5) is 11.5. The standard InChI is InChI=1S/C13H21NO3S/c1-13(2,3)17-12(15)9-18-8-11-6-5-10(16-11)7-14-4/h5-6,14H,7-9H2,1-4H3. The molecular formula is C13H21NO3S. The highest BCUT2D eigenvalue weighted by molar-refractivity contribution is 7.99. The smallest absolute Gasteiger partial charge is 0.316 e. The zero-order chi connectivity index (χ0) is 13.6. The highest BCUT2D eigenvalue weighted by Gasteiger charge is 2.16. The van der Waals surface area contributed by atoms with E-state index in [0.717, 1.165) is 18.1 Å². The number of carbonyl (C=O) groups is 1. The molecule has 1 aromatic heterocycles. The van der Waals surface area contributed by atoms with Crippen LogP contribution < -0.4 is 5.32 Å². The number of rotatable bonds is 6. The van der Waals surface area contributed by atoms with Gasteiger partial charge in [-0.1, -0.05) is 0 Å². The van der Waals surface area contributed by atoms with Gasteiger partial charge in [0.15, 0.2) is 0 Å². The molecule has 0 aromatic carbocycles. The Balaban J connectivity index is 2.26. The molecule has 0 amide bonds. The summed E-state index contributed by atoms with van der Waals surface area (Å²) in [5, 5.41) is 3.02. The number of carbonyl (C=O) groups excluding carboxylic acids is 1. The Labute approximate surface area is 112 Å². The van der Waals surface area contributed by atoms with Crippen LogP contribution in [0.15, 0.2) is 16.5 Å². The van der Waals surface area contributed by atoms with Gasteiger partial charge in [0, 0.05) is 0 Å². The number of esters is 1. The molecule has 1 rings (SSSR count). The number of nitrogens with one attached hydrogen (secondary N) is 1. The van der Waals surface area contributed by atoms with Crippen molar-refractivity contribution in [1.29, 1.82) is 0 Å². The van der Waals surface area contributed by atoms with E-state index < -0.39 is 5.60 Å².